The lowest BCUT2D eigenvalue weighted by Gasteiger charge is -2.17. The summed E-state index contributed by atoms with van der Waals surface area (Å²) >= 11 is 0. The molecule has 0 saturated heterocycles. The number of hydrogen-bond acceptors (Lipinski definition) is 2. The van der Waals surface area contributed by atoms with Gasteiger partial charge in [-0.2, -0.15) is 0 Å². The highest BCUT2D eigenvalue weighted by Crippen LogP contribution is 2.21. The summed E-state index contributed by atoms with van der Waals surface area (Å²) in [5, 5.41) is 8.57. The van der Waals surface area contributed by atoms with E-state index < -0.39 is 5.97 Å². The average Bonchev–Trinajstić information content (AvgIpc) is 2.15. The summed E-state index contributed by atoms with van der Waals surface area (Å²) in [6, 6.07) is 4.40. The van der Waals surface area contributed by atoms with Crippen molar-refractivity contribution >= 4 is 11.7 Å². The van der Waals surface area contributed by atoms with Gasteiger partial charge in [0.05, 0.1) is 0 Å². The van der Waals surface area contributed by atoms with Crippen LogP contribution in [0.3, 0.4) is 0 Å². The highest BCUT2D eigenvalue weighted by molar-refractivity contribution is 5.67. The molecule has 0 amide bonds. The lowest BCUT2D eigenvalue weighted by Crippen LogP contribution is -2.12. The van der Waals surface area contributed by atoms with Gasteiger partial charge in [0.25, 0.3) is 0 Å². The SMILES string of the molecule is CN(C)c1cc(F)ccc1CCC(=O)O. The highest BCUT2D eigenvalue weighted by atomic mass is 19.1. The van der Waals surface area contributed by atoms with Gasteiger partial charge in [-0.1, -0.05) is 6.07 Å². The summed E-state index contributed by atoms with van der Waals surface area (Å²) < 4.78 is 13.0. The van der Waals surface area contributed by atoms with Gasteiger partial charge in [0.1, 0.15) is 5.82 Å². The van der Waals surface area contributed by atoms with Crippen molar-refractivity contribution in [2.75, 3.05) is 19.0 Å². The zero-order valence-corrected chi connectivity index (χ0v) is 8.83. The zero-order chi connectivity index (χ0) is 11.4. The van der Waals surface area contributed by atoms with Gasteiger partial charge in [0, 0.05) is 26.2 Å². The van der Waals surface area contributed by atoms with Gasteiger partial charge in [0.2, 0.25) is 0 Å². The Kier molecular flexibility index (Phi) is 3.66. The van der Waals surface area contributed by atoms with Crippen LogP contribution in [0, 0.1) is 5.82 Å². The van der Waals surface area contributed by atoms with Crippen LogP contribution in [0.4, 0.5) is 10.1 Å². The van der Waals surface area contributed by atoms with Gasteiger partial charge in [-0.15, -0.1) is 0 Å². The number of hydrogen-bond donors (Lipinski definition) is 1. The van der Waals surface area contributed by atoms with Crippen molar-refractivity contribution in [1.82, 2.24) is 0 Å². The molecule has 1 aromatic carbocycles. The number of carbonyl (C=O) groups is 1. The largest absolute Gasteiger partial charge is 0.481 e. The molecule has 1 rings (SSSR count). The number of carboxylic acids is 1. The Hall–Kier alpha value is -1.58. The van der Waals surface area contributed by atoms with E-state index in [1.165, 1.54) is 12.1 Å². The summed E-state index contributed by atoms with van der Waals surface area (Å²) in [5.41, 5.74) is 1.58. The average molecular weight is 211 g/mol. The van der Waals surface area contributed by atoms with E-state index >= 15 is 0 Å². The van der Waals surface area contributed by atoms with Crippen molar-refractivity contribution in [3.05, 3.63) is 29.6 Å². The van der Waals surface area contributed by atoms with Crippen molar-refractivity contribution in [3.8, 4) is 0 Å². The first kappa shape index (κ1) is 11.5. The maximum Gasteiger partial charge on any atom is 0.303 e. The Bertz CT molecular complexity index is 364. The lowest BCUT2D eigenvalue weighted by atomic mass is 10.1. The van der Waals surface area contributed by atoms with Crippen LogP contribution in [0.15, 0.2) is 18.2 Å². The maximum absolute atomic E-state index is 13.0. The minimum absolute atomic E-state index is 0.0620. The summed E-state index contributed by atoms with van der Waals surface area (Å²) in [6.45, 7) is 0. The molecule has 0 atom stereocenters. The topological polar surface area (TPSA) is 40.5 Å². The zero-order valence-electron chi connectivity index (χ0n) is 8.83. The molecule has 0 radical (unpaired) electrons. The van der Waals surface area contributed by atoms with Crippen LogP contribution in [0.2, 0.25) is 0 Å². The summed E-state index contributed by atoms with van der Waals surface area (Å²) in [4.78, 5) is 12.2. The third-order valence-electron chi connectivity index (χ3n) is 2.14. The van der Waals surface area contributed by atoms with Crippen molar-refractivity contribution in [2.45, 2.75) is 12.8 Å². The fourth-order valence-corrected chi connectivity index (χ4v) is 1.41. The van der Waals surface area contributed by atoms with Gasteiger partial charge in [-0.25, -0.2) is 4.39 Å². The smallest absolute Gasteiger partial charge is 0.303 e. The van der Waals surface area contributed by atoms with Crippen LogP contribution in [-0.4, -0.2) is 25.2 Å². The van der Waals surface area contributed by atoms with E-state index in [0.717, 1.165) is 11.3 Å². The molecule has 4 heteroatoms. The summed E-state index contributed by atoms with van der Waals surface area (Å²) in [6.07, 6.45) is 0.482. The van der Waals surface area contributed by atoms with Crippen LogP contribution in [-0.2, 0) is 11.2 Å². The highest BCUT2D eigenvalue weighted by Gasteiger charge is 2.07. The molecule has 82 valence electrons. The van der Waals surface area contributed by atoms with Crippen LogP contribution >= 0.6 is 0 Å². The van der Waals surface area contributed by atoms with Gasteiger partial charge in [-0.05, 0) is 24.1 Å². The third kappa shape index (κ3) is 3.23. The fraction of sp³-hybridized carbons (Fsp3) is 0.364. The molecule has 0 fully saturated rings. The van der Waals surface area contributed by atoms with E-state index in [9.17, 15) is 9.18 Å². The summed E-state index contributed by atoms with van der Waals surface area (Å²) in [7, 11) is 3.61. The molecular weight excluding hydrogens is 197 g/mol. The second-order valence-electron chi connectivity index (χ2n) is 3.56. The first-order valence-corrected chi connectivity index (χ1v) is 4.68. The lowest BCUT2D eigenvalue weighted by molar-refractivity contribution is -0.136. The molecule has 0 saturated carbocycles. The van der Waals surface area contributed by atoms with E-state index in [-0.39, 0.29) is 12.2 Å². The number of rotatable bonds is 4. The van der Waals surface area contributed by atoms with Crippen LogP contribution in [0.5, 0.6) is 0 Å². The number of nitrogens with zero attached hydrogens (tertiary/aromatic N) is 1. The monoisotopic (exact) mass is 211 g/mol. The predicted molar refractivity (Wildman–Crippen MR) is 56.7 cm³/mol. The maximum atomic E-state index is 13.0. The number of aryl methyl sites for hydroxylation is 1. The van der Waals surface area contributed by atoms with Gasteiger partial charge in [0.15, 0.2) is 0 Å². The van der Waals surface area contributed by atoms with Crippen molar-refractivity contribution in [3.63, 3.8) is 0 Å². The van der Waals surface area contributed by atoms with Crippen LogP contribution in [0.1, 0.15) is 12.0 Å². The first-order chi connectivity index (χ1) is 7.00. The minimum Gasteiger partial charge on any atom is -0.481 e. The quantitative estimate of drug-likeness (QED) is 0.827. The second kappa shape index (κ2) is 4.77. The predicted octanol–water partition coefficient (Wildman–Crippen LogP) is 1.91. The van der Waals surface area contributed by atoms with Gasteiger partial charge in [-0.3, -0.25) is 4.79 Å². The molecule has 0 aliphatic carbocycles. The standard InChI is InChI=1S/C11H14FNO2/c1-13(2)10-7-9(12)5-3-8(10)4-6-11(14)15/h3,5,7H,4,6H2,1-2H3,(H,14,15). The Labute approximate surface area is 88.1 Å². The molecule has 1 aromatic rings. The van der Waals surface area contributed by atoms with Crippen molar-refractivity contribution in [2.24, 2.45) is 0 Å². The molecule has 1 N–H and O–H groups in total. The summed E-state index contributed by atoms with van der Waals surface area (Å²) in [5.74, 6) is -1.15. The molecular formula is C11H14FNO2. The van der Waals surface area contributed by atoms with Gasteiger partial charge >= 0.3 is 5.97 Å². The molecule has 0 unspecified atom stereocenters. The number of aliphatic carboxylic acids is 1. The second-order valence-corrected chi connectivity index (χ2v) is 3.56. The molecule has 0 heterocycles. The molecule has 0 spiro atoms. The van der Waals surface area contributed by atoms with Gasteiger partial charge < -0.3 is 10.0 Å². The Morgan fingerprint density at radius 3 is 2.67 bits per heavy atom. The normalized spacial score (nSPS) is 10.1. The molecule has 3 nitrogen and oxygen atoms in total. The van der Waals surface area contributed by atoms with E-state index in [2.05, 4.69) is 0 Å². The van der Waals surface area contributed by atoms with Crippen molar-refractivity contribution in [1.29, 1.82) is 0 Å². The Morgan fingerprint density at radius 2 is 2.13 bits per heavy atom. The fourth-order valence-electron chi connectivity index (χ4n) is 1.41. The molecule has 0 aromatic heterocycles. The molecule has 0 aliphatic heterocycles. The number of benzene rings is 1. The van der Waals surface area contributed by atoms with Crippen LogP contribution in [0.25, 0.3) is 0 Å². The number of halogens is 1. The Balaban J connectivity index is 2.90. The first-order valence-electron chi connectivity index (χ1n) is 4.68. The minimum atomic E-state index is -0.843. The Morgan fingerprint density at radius 1 is 1.47 bits per heavy atom. The molecule has 15 heavy (non-hydrogen) atoms. The molecule has 0 bridgehead atoms. The number of carboxylic acid groups (broad SMARTS) is 1. The van der Waals surface area contributed by atoms with E-state index in [1.54, 1.807) is 25.1 Å². The van der Waals surface area contributed by atoms with E-state index in [1.807, 2.05) is 0 Å². The van der Waals surface area contributed by atoms with E-state index in [4.69, 9.17) is 5.11 Å². The molecule has 0 aliphatic rings. The van der Waals surface area contributed by atoms with Crippen molar-refractivity contribution < 1.29 is 14.3 Å². The van der Waals surface area contributed by atoms with E-state index in [0.29, 0.717) is 6.42 Å². The number of anilines is 1. The third-order valence-corrected chi connectivity index (χ3v) is 2.14. The van der Waals surface area contributed by atoms with Crippen LogP contribution < -0.4 is 4.90 Å².